The molecule has 1 nitrogen and oxygen atoms in total. The highest BCUT2D eigenvalue weighted by atomic mass is 14.1. The maximum Gasteiger partial charge on any atom is -0.0417 e. The fraction of sp³-hybridized carbons (Fsp3) is 1.00. The van der Waals surface area contributed by atoms with Gasteiger partial charge in [-0.3, -0.25) is 0 Å². The van der Waals surface area contributed by atoms with Crippen LogP contribution in [0.4, 0.5) is 0 Å². The summed E-state index contributed by atoms with van der Waals surface area (Å²) in [5.74, 6) is 1.07. The number of rotatable bonds is 1. The molecule has 0 spiro atoms. The topological polar surface area (TPSA) is 35.0 Å². The smallest absolute Gasteiger partial charge is 0.0417 e. The van der Waals surface area contributed by atoms with E-state index in [0.717, 1.165) is 5.92 Å². The quantitative estimate of drug-likeness (QED) is 0.615. The summed E-state index contributed by atoms with van der Waals surface area (Å²) in [5, 5.41) is 0. The van der Waals surface area contributed by atoms with E-state index in [1.54, 1.807) is 0 Å². The van der Waals surface area contributed by atoms with Gasteiger partial charge in [-0.15, -0.1) is 0 Å². The van der Waals surface area contributed by atoms with Gasteiger partial charge in [-0.05, 0) is 5.92 Å². The minimum absolute atomic E-state index is 0. The Morgan fingerprint density at radius 2 is 1.36 bits per heavy atom. The van der Waals surface area contributed by atoms with Crippen molar-refractivity contribution in [2.45, 2.75) is 58.3 Å². The van der Waals surface area contributed by atoms with Gasteiger partial charge in [-0.2, -0.15) is 0 Å². The Balaban J connectivity index is 0.000001000. The molecule has 0 radical (unpaired) electrons. The molecule has 3 N–H and O–H groups in total. The molecule has 1 aliphatic carbocycles. The highest BCUT2D eigenvalue weighted by Gasteiger charge is 2.07. The van der Waals surface area contributed by atoms with E-state index in [4.69, 9.17) is 0 Å². The largest absolute Gasteiger partial charge is 0.344 e. The van der Waals surface area contributed by atoms with Crippen molar-refractivity contribution in [1.29, 1.82) is 0 Å². The molecule has 0 saturated heterocycles. The molecule has 0 bridgehead atoms. The Kier molecular flexibility index (Phi) is 6.63. The van der Waals surface area contributed by atoms with Crippen LogP contribution in [0.3, 0.4) is 0 Å². The molecule has 1 saturated carbocycles. The first-order valence-electron chi connectivity index (χ1n) is 4.93. The molecule has 1 rings (SSSR count). The summed E-state index contributed by atoms with van der Waals surface area (Å²) in [5.41, 5.74) is 0. The number of hydrogen-bond acceptors (Lipinski definition) is 1. The summed E-state index contributed by atoms with van der Waals surface area (Å²) < 4.78 is 0. The van der Waals surface area contributed by atoms with Crippen molar-refractivity contribution in [2.24, 2.45) is 5.92 Å². The molecule has 1 heteroatoms. The summed E-state index contributed by atoms with van der Waals surface area (Å²) in [7, 11) is 0. The fourth-order valence-electron chi connectivity index (χ4n) is 1.95. The molecule has 0 amide bonds. The average Bonchev–Trinajstić information content (AvgIpc) is 1.87. The lowest BCUT2D eigenvalue weighted by molar-refractivity contribution is 0.369. The zero-order chi connectivity index (χ0) is 7.23. The second kappa shape index (κ2) is 6.66. The Morgan fingerprint density at radius 3 is 1.82 bits per heavy atom. The van der Waals surface area contributed by atoms with E-state index in [0.29, 0.717) is 0 Å². The first-order valence-corrected chi connectivity index (χ1v) is 4.93. The Morgan fingerprint density at radius 1 is 0.909 bits per heavy atom. The van der Waals surface area contributed by atoms with E-state index < -0.39 is 0 Å². The van der Waals surface area contributed by atoms with Crippen LogP contribution in [0.25, 0.3) is 0 Å². The van der Waals surface area contributed by atoms with Crippen LogP contribution in [0.2, 0.25) is 0 Å². The lowest BCUT2D eigenvalue weighted by atomic mass is 9.90. The van der Waals surface area contributed by atoms with E-state index in [2.05, 4.69) is 6.92 Å². The zero-order valence-corrected chi connectivity index (χ0v) is 7.94. The molecule has 1 fully saturated rings. The molecule has 0 aliphatic heterocycles. The van der Waals surface area contributed by atoms with Gasteiger partial charge in [0.05, 0.1) is 0 Å². The predicted molar refractivity (Wildman–Crippen MR) is 51.1 cm³/mol. The van der Waals surface area contributed by atoms with Crippen LogP contribution in [-0.2, 0) is 0 Å². The lowest BCUT2D eigenvalue weighted by Crippen LogP contribution is -2.01. The van der Waals surface area contributed by atoms with Crippen molar-refractivity contribution in [1.82, 2.24) is 6.15 Å². The third-order valence-electron chi connectivity index (χ3n) is 2.80. The maximum atomic E-state index is 2.34. The zero-order valence-electron chi connectivity index (χ0n) is 7.94. The van der Waals surface area contributed by atoms with E-state index in [1.807, 2.05) is 0 Å². The van der Waals surface area contributed by atoms with Gasteiger partial charge in [-0.1, -0.05) is 58.3 Å². The van der Waals surface area contributed by atoms with Gasteiger partial charge in [0, 0.05) is 0 Å². The summed E-state index contributed by atoms with van der Waals surface area (Å²) in [6, 6.07) is 0. The van der Waals surface area contributed by atoms with Crippen LogP contribution in [0.15, 0.2) is 0 Å². The lowest BCUT2D eigenvalue weighted by Gasteiger charge is -2.17. The van der Waals surface area contributed by atoms with Crippen LogP contribution < -0.4 is 6.15 Å². The van der Waals surface area contributed by atoms with Crippen LogP contribution in [-0.4, -0.2) is 0 Å². The van der Waals surface area contributed by atoms with Gasteiger partial charge in [0.25, 0.3) is 0 Å². The second-order valence-electron chi connectivity index (χ2n) is 3.62. The summed E-state index contributed by atoms with van der Waals surface area (Å²) in [6.07, 6.45) is 11.9. The minimum Gasteiger partial charge on any atom is -0.344 e. The first kappa shape index (κ1) is 11.0. The average molecular weight is 157 g/mol. The molecule has 0 unspecified atom stereocenters. The molecule has 0 heterocycles. The summed E-state index contributed by atoms with van der Waals surface area (Å²) >= 11 is 0. The van der Waals surface area contributed by atoms with Crippen LogP contribution >= 0.6 is 0 Å². The third-order valence-corrected chi connectivity index (χ3v) is 2.80. The van der Waals surface area contributed by atoms with Crippen molar-refractivity contribution >= 4 is 0 Å². The van der Waals surface area contributed by atoms with Gasteiger partial charge >= 0.3 is 0 Å². The van der Waals surface area contributed by atoms with Gasteiger partial charge in [0.15, 0.2) is 0 Å². The first-order chi connectivity index (χ1) is 4.93. The highest BCUT2D eigenvalue weighted by molar-refractivity contribution is 4.61. The molecular weight excluding hydrogens is 134 g/mol. The van der Waals surface area contributed by atoms with Crippen LogP contribution in [0.5, 0.6) is 0 Å². The fourth-order valence-corrected chi connectivity index (χ4v) is 1.95. The van der Waals surface area contributed by atoms with Crippen molar-refractivity contribution in [3.05, 3.63) is 0 Å². The van der Waals surface area contributed by atoms with Gasteiger partial charge in [-0.25, -0.2) is 0 Å². The molecular formula is C10H23N. The van der Waals surface area contributed by atoms with Crippen LogP contribution in [0.1, 0.15) is 58.3 Å². The Labute approximate surface area is 71.2 Å². The summed E-state index contributed by atoms with van der Waals surface area (Å²) in [4.78, 5) is 0. The molecule has 0 atom stereocenters. The predicted octanol–water partition coefficient (Wildman–Crippen LogP) is 3.92. The third kappa shape index (κ3) is 4.41. The van der Waals surface area contributed by atoms with E-state index in [9.17, 15) is 0 Å². The number of hydrogen-bond donors (Lipinski definition) is 1. The maximum absolute atomic E-state index is 2.34. The van der Waals surface area contributed by atoms with E-state index >= 15 is 0 Å². The van der Waals surface area contributed by atoms with Crippen molar-refractivity contribution in [2.75, 3.05) is 0 Å². The molecule has 1 aliphatic rings. The van der Waals surface area contributed by atoms with Gasteiger partial charge in [0.2, 0.25) is 0 Å². The molecule has 0 aromatic heterocycles. The molecule has 68 valence electrons. The summed E-state index contributed by atoms with van der Waals surface area (Å²) in [6.45, 7) is 2.34. The normalized spacial score (nSPS) is 21.5. The molecule has 0 aromatic carbocycles. The van der Waals surface area contributed by atoms with Gasteiger partial charge in [0.1, 0.15) is 0 Å². The van der Waals surface area contributed by atoms with E-state index in [1.165, 1.54) is 51.4 Å². The molecule has 11 heavy (non-hydrogen) atoms. The second-order valence-corrected chi connectivity index (χ2v) is 3.62. The Bertz CT molecular complexity index is 72.9. The Hall–Kier alpha value is -0.0400. The van der Waals surface area contributed by atoms with Crippen LogP contribution in [0, 0.1) is 5.92 Å². The monoisotopic (exact) mass is 157 g/mol. The SMILES string of the molecule is CCC1CCCCCCC1.N. The minimum atomic E-state index is 0. The molecule has 0 aromatic rings. The van der Waals surface area contributed by atoms with Gasteiger partial charge < -0.3 is 6.15 Å². The van der Waals surface area contributed by atoms with E-state index in [-0.39, 0.29) is 6.15 Å². The standard InChI is InChI=1S/C10H20.H3N/c1-2-10-8-6-4-3-5-7-9-10;/h10H,2-9H2,1H3;1H3. The van der Waals surface area contributed by atoms with Crippen molar-refractivity contribution in [3.8, 4) is 0 Å². The van der Waals surface area contributed by atoms with Crippen molar-refractivity contribution < 1.29 is 0 Å². The van der Waals surface area contributed by atoms with Crippen molar-refractivity contribution in [3.63, 3.8) is 0 Å². The highest BCUT2D eigenvalue weighted by Crippen LogP contribution is 2.23.